The third-order valence-corrected chi connectivity index (χ3v) is 10.7. The summed E-state index contributed by atoms with van der Waals surface area (Å²) in [6.07, 6.45) is 12.6. The number of hydrogen-bond donors (Lipinski definition) is 0. The summed E-state index contributed by atoms with van der Waals surface area (Å²) in [5.74, 6) is 2.91. The Balaban J connectivity index is 1.30. The van der Waals surface area contributed by atoms with Crippen LogP contribution in [0.25, 0.3) is 27.6 Å². The Kier molecular flexibility index (Phi) is 12.0. The molecule has 1 fully saturated rings. The summed E-state index contributed by atoms with van der Waals surface area (Å²) in [5.41, 5.74) is 7.81. The van der Waals surface area contributed by atoms with E-state index in [0.29, 0.717) is 10.9 Å². The van der Waals surface area contributed by atoms with Crippen LogP contribution < -0.4 is 0 Å². The van der Waals surface area contributed by atoms with E-state index in [-0.39, 0.29) is 0 Å². The summed E-state index contributed by atoms with van der Waals surface area (Å²) in [6, 6.07) is 40.1. The first-order valence-corrected chi connectivity index (χ1v) is 18.7. The van der Waals surface area contributed by atoms with Crippen molar-refractivity contribution in [1.82, 2.24) is 9.97 Å². The summed E-state index contributed by atoms with van der Waals surface area (Å²) in [7, 11) is 0. The van der Waals surface area contributed by atoms with Gasteiger partial charge in [0.2, 0.25) is 0 Å². The molecule has 1 saturated carbocycles. The monoisotopic (exact) mass is 656 g/mol. The van der Waals surface area contributed by atoms with Gasteiger partial charge in [-0.25, -0.2) is 9.97 Å². The smallest absolute Gasteiger partial charge is 0.160 e. The molecule has 0 aliphatic heterocycles. The Bertz CT molecular complexity index is 1680. The zero-order valence-electron chi connectivity index (χ0n) is 27.3. The number of rotatable bonds is 14. The Morgan fingerprint density at radius 3 is 2.04 bits per heavy atom. The van der Waals surface area contributed by atoms with Crippen molar-refractivity contribution >= 4 is 28.3 Å². The highest BCUT2D eigenvalue weighted by Gasteiger charge is 2.22. The Morgan fingerprint density at radius 1 is 0.745 bits per heavy atom. The van der Waals surface area contributed by atoms with Gasteiger partial charge in [0.15, 0.2) is 5.82 Å². The molecule has 47 heavy (non-hydrogen) atoms. The molecule has 1 aliphatic carbocycles. The number of hydrogen-bond acceptors (Lipinski definition) is 3. The van der Waals surface area contributed by atoms with E-state index >= 15 is 0 Å². The molecule has 0 atom stereocenters. The summed E-state index contributed by atoms with van der Waals surface area (Å²) in [6.45, 7) is 4.69. The molecule has 0 radical (unpaired) electrons. The van der Waals surface area contributed by atoms with Crippen molar-refractivity contribution in [2.24, 2.45) is 5.92 Å². The van der Waals surface area contributed by atoms with E-state index in [2.05, 4.69) is 91.0 Å². The lowest BCUT2D eigenvalue weighted by Crippen LogP contribution is -2.08. The van der Waals surface area contributed by atoms with Crippen molar-refractivity contribution in [2.45, 2.75) is 70.1 Å². The maximum absolute atomic E-state index is 6.56. The average molecular weight is 657 g/mol. The Labute approximate surface area is 290 Å². The fraction of sp³-hybridized carbons (Fsp3) is 0.302. The first-order valence-electron chi connectivity index (χ1n) is 17.3. The molecule has 1 aliphatic rings. The van der Waals surface area contributed by atoms with Gasteiger partial charge in [-0.15, -0.1) is 11.8 Å². The fourth-order valence-electron chi connectivity index (χ4n) is 7.01. The molecule has 0 spiro atoms. The minimum absolute atomic E-state index is 0.320. The summed E-state index contributed by atoms with van der Waals surface area (Å²) < 4.78 is 0. The molecule has 0 bridgehead atoms. The van der Waals surface area contributed by atoms with Gasteiger partial charge < -0.3 is 0 Å². The van der Waals surface area contributed by atoms with Crippen LogP contribution in [0.3, 0.4) is 0 Å². The van der Waals surface area contributed by atoms with E-state index in [1.54, 1.807) is 0 Å². The molecular formula is C43H45ClN2S. The number of benzene rings is 4. The molecule has 1 heterocycles. The van der Waals surface area contributed by atoms with Crippen LogP contribution in [0.15, 0.2) is 122 Å². The lowest BCUT2D eigenvalue weighted by Gasteiger charge is -2.22. The molecular weight excluding hydrogens is 612 g/mol. The molecule has 4 heteroatoms. The highest BCUT2D eigenvalue weighted by Crippen LogP contribution is 2.40. The molecule has 2 nitrogen and oxygen atoms in total. The molecule has 5 aromatic rings. The van der Waals surface area contributed by atoms with Crippen LogP contribution in [-0.2, 0) is 6.42 Å². The van der Waals surface area contributed by atoms with Crippen LogP contribution in [0.1, 0.15) is 86.1 Å². The summed E-state index contributed by atoms with van der Waals surface area (Å²) in [4.78, 5) is 11.5. The highest BCUT2D eigenvalue weighted by molar-refractivity contribution is 8.08. The predicted octanol–water partition coefficient (Wildman–Crippen LogP) is 12.7. The normalized spacial score (nSPS) is 13.6. The van der Waals surface area contributed by atoms with Gasteiger partial charge in [0.05, 0.1) is 11.4 Å². The number of thioether (sulfide) groups is 1. The van der Waals surface area contributed by atoms with E-state index in [4.69, 9.17) is 28.1 Å². The topological polar surface area (TPSA) is 25.8 Å². The Hall–Kier alpha value is -3.66. The molecule has 0 unspecified atom stereocenters. The Morgan fingerprint density at radius 2 is 1.38 bits per heavy atom. The predicted molar refractivity (Wildman–Crippen MR) is 203 cm³/mol. The number of halogens is 1. The zero-order chi connectivity index (χ0) is 32.3. The van der Waals surface area contributed by atoms with Gasteiger partial charge in [-0.2, -0.15) is 0 Å². The van der Waals surface area contributed by atoms with Crippen LogP contribution in [-0.4, -0.2) is 15.7 Å². The first kappa shape index (κ1) is 33.2. The third kappa shape index (κ3) is 9.03. The van der Waals surface area contributed by atoms with Crippen LogP contribution in [0.2, 0.25) is 5.02 Å². The summed E-state index contributed by atoms with van der Waals surface area (Å²) >= 11 is 8.39. The maximum atomic E-state index is 6.56. The quantitative estimate of drug-likeness (QED) is 0.111. The molecule has 1 aromatic heterocycles. The van der Waals surface area contributed by atoms with Crippen molar-refractivity contribution in [3.63, 3.8) is 0 Å². The fourth-order valence-corrected chi connectivity index (χ4v) is 8.16. The van der Waals surface area contributed by atoms with Crippen LogP contribution >= 0.6 is 23.4 Å². The second kappa shape index (κ2) is 16.9. The van der Waals surface area contributed by atoms with Crippen molar-refractivity contribution < 1.29 is 0 Å². The van der Waals surface area contributed by atoms with Gasteiger partial charge in [-0.05, 0) is 54.2 Å². The molecule has 6 rings (SSSR count). The van der Waals surface area contributed by atoms with E-state index in [1.165, 1.54) is 56.1 Å². The van der Waals surface area contributed by atoms with Gasteiger partial charge in [0.1, 0.15) is 0 Å². The largest absolute Gasteiger partial charge is 0.232 e. The molecule has 4 aromatic carbocycles. The maximum Gasteiger partial charge on any atom is 0.160 e. The summed E-state index contributed by atoms with van der Waals surface area (Å²) in [5, 5.41) is 0.703. The lowest BCUT2D eigenvalue weighted by atomic mass is 9.85. The minimum atomic E-state index is 0.320. The average Bonchev–Trinajstić information content (AvgIpc) is 3.13. The van der Waals surface area contributed by atoms with Gasteiger partial charge in [-0.3, -0.25) is 0 Å². The van der Waals surface area contributed by atoms with Crippen LogP contribution in [0.4, 0.5) is 0 Å². The van der Waals surface area contributed by atoms with Gasteiger partial charge >= 0.3 is 0 Å². The second-order valence-corrected chi connectivity index (χ2v) is 14.4. The standard InChI is InChI=1S/C43H45ClN2S/c1-32(47-30-29-39(34-20-8-3-9-21-34)35-22-10-4-11-23-35)41-40(28-15-14-19-33-17-6-2-7-18-33)45-43(36-24-12-5-13-25-36)46-42(41)37-26-16-27-38(44)31-37/h3-5,8-13,16,20-27,31,33,39H,1-2,6-7,14-15,17-19,28-30H2. The van der Waals surface area contributed by atoms with Gasteiger partial charge in [0, 0.05) is 32.5 Å². The third-order valence-electron chi connectivity index (χ3n) is 9.48. The SMILES string of the molecule is C=C(SCCC(c1ccccc1)c1ccccc1)c1c(CCCCC2CCCCC2)nc(-c2ccccc2)nc1-c1cccc(Cl)c1. The van der Waals surface area contributed by atoms with Crippen LogP contribution in [0.5, 0.6) is 0 Å². The van der Waals surface area contributed by atoms with E-state index in [0.717, 1.165) is 69.7 Å². The van der Waals surface area contributed by atoms with Crippen molar-refractivity contribution in [2.75, 3.05) is 5.75 Å². The first-order chi connectivity index (χ1) is 23.2. The van der Waals surface area contributed by atoms with Gasteiger partial charge in [-0.1, -0.05) is 166 Å². The zero-order valence-corrected chi connectivity index (χ0v) is 28.9. The molecule has 0 saturated heterocycles. The molecule has 0 amide bonds. The van der Waals surface area contributed by atoms with E-state index < -0.39 is 0 Å². The van der Waals surface area contributed by atoms with Gasteiger partial charge in [0.25, 0.3) is 0 Å². The van der Waals surface area contributed by atoms with E-state index in [1.807, 2.05) is 36.0 Å². The highest BCUT2D eigenvalue weighted by atomic mass is 35.5. The molecule has 240 valence electrons. The minimum Gasteiger partial charge on any atom is -0.232 e. The number of unbranched alkanes of at least 4 members (excludes halogenated alkanes) is 1. The van der Waals surface area contributed by atoms with Crippen LogP contribution in [0, 0.1) is 5.92 Å². The van der Waals surface area contributed by atoms with Crippen molar-refractivity contribution in [1.29, 1.82) is 0 Å². The second-order valence-electron chi connectivity index (χ2n) is 12.8. The number of aryl methyl sites for hydroxylation is 1. The van der Waals surface area contributed by atoms with Crippen molar-refractivity contribution in [3.8, 4) is 22.6 Å². The van der Waals surface area contributed by atoms with Crippen molar-refractivity contribution in [3.05, 3.63) is 149 Å². The van der Waals surface area contributed by atoms with E-state index in [9.17, 15) is 0 Å². The number of nitrogens with zero attached hydrogens (tertiary/aromatic N) is 2. The number of aromatic nitrogens is 2. The lowest BCUT2D eigenvalue weighted by molar-refractivity contribution is 0.329. The molecule has 0 N–H and O–H groups in total.